The van der Waals surface area contributed by atoms with Crippen LogP contribution in [0.3, 0.4) is 0 Å². The van der Waals surface area contributed by atoms with Crippen molar-refractivity contribution in [2.75, 3.05) is 11.5 Å². The molecule has 0 bridgehead atoms. The molecule has 0 aliphatic rings. The zero-order chi connectivity index (χ0) is 12.1. The first-order chi connectivity index (χ1) is 7.60. The number of nitrogens with one attached hydrogen (secondary N) is 1. The second-order valence-corrected chi connectivity index (χ2v) is 5.38. The first-order valence-electron chi connectivity index (χ1n) is 5.32. The Hall–Kier alpha value is -0.230. The molecule has 0 fully saturated rings. The lowest BCUT2D eigenvalue weighted by atomic mass is 10.1. The topological polar surface area (TPSA) is 55.9 Å². The molecule has 3 N–H and O–H groups in total. The van der Waals surface area contributed by atoms with Gasteiger partial charge >= 0.3 is 0 Å². The predicted molar refractivity (Wildman–Crippen MR) is 70.8 cm³/mol. The normalized spacial score (nSPS) is 13.1. The van der Waals surface area contributed by atoms with Crippen LogP contribution in [0.1, 0.15) is 18.2 Å². The molecule has 0 amide bonds. The molecule has 92 valence electrons. The monoisotopic (exact) mass is 262 g/mol. The van der Waals surface area contributed by atoms with E-state index in [-0.39, 0.29) is 6.04 Å². The van der Waals surface area contributed by atoms with Crippen molar-refractivity contribution in [2.45, 2.75) is 26.3 Å². The first-order valence-corrected chi connectivity index (χ1v) is 6.85. The smallest absolute Gasteiger partial charge is 0.130 e. The van der Waals surface area contributed by atoms with Crippen molar-refractivity contribution in [2.24, 2.45) is 12.9 Å². The standard InChI is InChI=1S/C10H19ClN4S/c1-4-16-6-8(13-12)5-9-7(2)14-15(3)10(9)11/h8,13H,4-6,12H2,1-3H3. The van der Waals surface area contributed by atoms with Gasteiger partial charge in [-0.25, -0.2) is 0 Å². The number of rotatable bonds is 6. The Kier molecular flexibility index (Phi) is 5.61. The largest absolute Gasteiger partial charge is 0.271 e. The quantitative estimate of drug-likeness (QED) is 0.603. The summed E-state index contributed by atoms with van der Waals surface area (Å²) in [6, 6.07) is 0.241. The summed E-state index contributed by atoms with van der Waals surface area (Å²) in [6.07, 6.45) is 0.821. The second-order valence-electron chi connectivity index (χ2n) is 3.71. The Labute approximate surface area is 106 Å². The van der Waals surface area contributed by atoms with E-state index in [1.165, 1.54) is 0 Å². The van der Waals surface area contributed by atoms with Crippen molar-refractivity contribution in [3.63, 3.8) is 0 Å². The summed E-state index contributed by atoms with van der Waals surface area (Å²) >= 11 is 8.04. The third-order valence-corrected chi connectivity index (χ3v) is 4.00. The average Bonchev–Trinajstić information content (AvgIpc) is 2.50. The van der Waals surface area contributed by atoms with Crippen LogP contribution in [-0.2, 0) is 13.5 Å². The molecule has 0 aliphatic heterocycles. The molecule has 1 heterocycles. The molecule has 0 radical (unpaired) electrons. The number of aryl methyl sites for hydroxylation is 2. The van der Waals surface area contributed by atoms with Crippen LogP contribution in [0.25, 0.3) is 0 Å². The van der Waals surface area contributed by atoms with Gasteiger partial charge in [0.15, 0.2) is 0 Å². The number of thioether (sulfide) groups is 1. The van der Waals surface area contributed by atoms with Crippen molar-refractivity contribution in [3.8, 4) is 0 Å². The van der Waals surface area contributed by atoms with E-state index in [0.717, 1.165) is 29.2 Å². The molecule has 4 nitrogen and oxygen atoms in total. The molecular formula is C10H19ClN4S. The summed E-state index contributed by atoms with van der Waals surface area (Å²) in [4.78, 5) is 0. The Morgan fingerprint density at radius 2 is 2.31 bits per heavy atom. The first kappa shape index (κ1) is 13.8. The second kappa shape index (κ2) is 6.49. The van der Waals surface area contributed by atoms with Gasteiger partial charge in [0.2, 0.25) is 0 Å². The Morgan fingerprint density at radius 1 is 1.62 bits per heavy atom. The number of nitrogens with two attached hydrogens (primary N) is 1. The molecule has 1 aromatic heterocycles. The SMILES string of the molecule is CCSCC(Cc1c(C)nn(C)c1Cl)NN. The van der Waals surface area contributed by atoms with Gasteiger partial charge in [0.05, 0.1) is 5.69 Å². The maximum Gasteiger partial charge on any atom is 0.130 e. The molecule has 0 aliphatic carbocycles. The third kappa shape index (κ3) is 3.38. The van der Waals surface area contributed by atoms with Crippen LogP contribution in [0.4, 0.5) is 0 Å². The van der Waals surface area contributed by atoms with Crippen LogP contribution in [0.15, 0.2) is 0 Å². The van der Waals surface area contributed by atoms with Crippen LogP contribution in [0.5, 0.6) is 0 Å². The van der Waals surface area contributed by atoms with Crippen LogP contribution in [0, 0.1) is 6.92 Å². The summed E-state index contributed by atoms with van der Waals surface area (Å²) in [6.45, 7) is 4.11. The molecular weight excluding hydrogens is 244 g/mol. The van der Waals surface area contributed by atoms with Gasteiger partial charge in [-0.1, -0.05) is 18.5 Å². The number of aromatic nitrogens is 2. The van der Waals surface area contributed by atoms with E-state index in [2.05, 4.69) is 17.4 Å². The molecule has 1 rings (SSSR count). The summed E-state index contributed by atoms with van der Waals surface area (Å²) in [7, 11) is 1.85. The third-order valence-electron chi connectivity index (χ3n) is 2.48. The van der Waals surface area contributed by atoms with Gasteiger partial charge in [-0.3, -0.25) is 16.0 Å². The Balaban J connectivity index is 2.69. The van der Waals surface area contributed by atoms with E-state index in [1.807, 2.05) is 25.7 Å². The highest BCUT2D eigenvalue weighted by atomic mass is 35.5. The van der Waals surface area contributed by atoms with Crippen molar-refractivity contribution in [1.82, 2.24) is 15.2 Å². The maximum atomic E-state index is 6.17. The fraction of sp³-hybridized carbons (Fsp3) is 0.700. The number of nitrogens with zero attached hydrogens (tertiary/aromatic N) is 2. The fourth-order valence-corrected chi connectivity index (χ4v) is 2.56. The van der Waals surface area contributed by atoms with Crippen molar-refractivity contribution < 1.29 is 0 Å². The summed E-state index contributed by atoms with van der Waals surface area (Å²) < 4.78 is 1.70. The van der Waals surface area contributed by atoms with Gasteiger partial charge in [0, 0.05) is 24.4 Å². The van der Waals surface area contributed by atoms with Gasteiger partial charge in [-0.05, 0) is 19.1 Å². The van der Waals surface area contributed by atoms with Gasteiger partial charge in [0.1, 0.15) is 5.15 Å². The zero-order valence-corrected chi connectivity index (χ0v) is 11.5. The van der Waals surface area contributed by atoms with E-state index in [1.54, 1.807) is 4.68 Å². The molecule has 0 saturated carbocycles. The molecule has 1 aromatic rings. The number of hydrazine groups is 1. The zero-order valence-electron chi connectivity index (χ0n) is 9.96. The van der Waals surface area contributed by atoms with E-state index in [0.29, 0.717) is 5.15 Å². The molecule has 0 spiro atoms. The molecule has 0 saturated heterocycles. The summed E-state index contributed by atoms with van der Waals surface area (Å²) in [5.41, 5.74) is 4.90. The Morgan fingerprint density at radius 3 is 2.75 bits per heavy atom. The van der Waals surface area contributed by atoms with Crippen LogP contribution in [-0.4, -0.2) is 27.3 Å². The van der Waals surface area contributed by atoms with Crippen molar-refractivity contribution in [1.29, 1.82) is 0 Å². The van der Waals surface area contributed by atoms with Crippen molar-refractivity contribution in [3.05, 3.63) is 16.4 Å². The van der Waals surface area contributed by atoms with Crippen LogP contribution >= 0.6 is 23.4 Å². The lowest BCUT2D eigenvalue weighted by molar-refractivity contribution is 0.574. The summed E-state index contributed by atoms with van der Waals surface area (Å²) in [5.74, 6) is 7.61. The predicted octanol–water partition coefficient (Wildman–Crippen LogP) is 1.51. The highest BCUT2D eigenvalue weighted by molar-refractivity contribution is 7.99. The lowest BCUT2D eigenvalue weighted by Gasteiger charge is -2.14. The Bertz CT molecular complexity index is 340. The maximum absolute atomic E-state index is 6.17. The molecule has 6 heteroatoms. The van der Waals surface area contributed by atoms with Gasteiger partial charge < -0.3 is 0 Å². The number of hydrogen-bond donors (Lipinski definition) is 2. The molecule has 1 unspecified atom stereocenters. The molecule has 1 atom stereocenters. The van der Waals surface area contributed by atoms with Gasteiger partial charge in [-0.2, -0.15) is 16.9 Å². The lowest BCUT2D eigenvalue weighted by Crippen LogP contribution is -2.38. The molecule has 0 aromatic carbocycles. The minimum Gasteiger partial charge on any atom is -0.271 e. The summed E-state index contributed by atoms with van der Waals surface area (Å²) in [5, 5.41) is 5.00. The highest BCUT2D eigenvalue weighted by Crippen LogP contribution is 2.21. The van der Waals surface area contributed by atoms with E-state index >= 15 is 0 Å². The fourth-order valence-electron chi connectivity index (χ4n) is 1.58. The van der Waals surface area contributed by atoms with E-state index in [4.69, 9.17) is 17.4 Å². The minimum atomic E-state index is 0.241. The molecule has 16 heavy (non-hydrogen) atoms. The average molecular weight is 263 g/mol. The number of halogens is 1. The minimum absolute atomic E-state index is 0.241. The highest BCUT2D eigenvalue weighted by Gasteiger charge is 2.16. The van der Waals surface area contributed by atoms with Gasteiger partial charge in [0.25, 0.3) is 0 Å². The van der Waals surface area contributed by atoms with E-state index in [9.17, 15) is 0 Å². The van der Waals surface area contributed by atoms with Crippen LogP contribution in [0.2, 0.25) is 5.15 Å². The van der Waals surface area contributed by atoms with Crippen molar-refractivity contribution >= 4 is 23.4 Å². The van der Waals surface area contributed by atoms with Gasteiger partial charge in [-0.15, -0.1) is 0 Å². The van der Waals surface area contributed by atoms with E-state index < -0.39 is 0 Å². The number of hydrogen-bond acceptors (Lipinski definition) is 4. The van der Waals surface area contributed by atoms with Crippen LogP contribution < -0.4 is 11.3 Å².